The van der Waals surface area contributed by atoms with Crippen LogP contribution in [0.3, 0.4) is 0 Å². The number of hydrogen-bond donors (Lipinski definition) is 1. The first kappa shape index (κ1) is 13.5. The van der Waals surface area contributed by atoms with Gasteiger partial charge in [0.25, 0.3) is 0 Å². The third-order valence-corrected chi connectivity index (χ3v) is 3.53. The Morgan fingerprint density at radius 2 is 2.12 bits per heavy atom. The number of hydrogen-bond acceptors (Lipinski definition) is 2. The first-order valence-corrected chi connectivity index (χ1v) is 6.84. The van der Waals surface area contributed by atoms with Gasteiger partial charge in [0.2, 0.25) is 0 Å². The van der Waals surface area contributed by atoms with Crippen LogP contribution in [0.2, 0.25) is 0 Å². The summed E-state index contributed by atoms with van der Waals surface area (Å²) in [7, 11) is 0. The molecule has 0 saturated carbocycles. The normalized spacial score (nSPS) is 13.1. The molecule has 1 aromatic carbocycles. The predicted octanol–water partition coefficient (Wildman–Crippen LogP) is 3.60. The van der Waals surface area contributed by atoms with Crippen molar-refractivity contribution in [2.45, 2.75) is 26.3 Å². The van der Waals surface area contributed by atoms with Crippen molar-refractivity contribution in [2.24, 2.45) is 11.7 Å². The fourth-order valence-electron chi connectivity index (χ4n) is 1.36. The summed E-state index contributed by atoms with van der Waals surface area (Å²) in [4.78, 5) is 0. The van der Waals surface area contributed by atoms with Crippen molar-refractivity contribution in [3.8, 4) is 0 Å². The quantitative estimate of drug-likeness (QED) is 0.770. The van der Waals surface area contributed by atoms with E-state index in [0.717, 1.165) is 23.0 Å². The molecule has 0 aliphatic rings. The molecule has 1 atom stereocenters. The highest BCUT2D eigenvalue weighted by Gasteiger charge is 2.06. The Labute approximate surface area is 102 Å². The van der Waals surface area contributed by atoms with Gasteiger partial charge in [-0.05, 0) is 35.8 Å². The van der Waals surface area contributed by atoms with Crippen LogP contribution in [0.5, 0.6) is 0 Å². The minimum Gasteiger partial charge on any atom is -0.323 e. The van der Waals surface area contributed by atoms with Crippen LogP contribution in [0.1, 0.15) is 31.9 Å². The van der Waals surface area contributed by atoms with Gasteiger partial charge in [-0.15, -0.1) is 0 Å². The Hall–Kier alpha value is -0.540. The van der Waals surface area contributed by atoms with Gasteiger partial charge in [0.05, 0.1) is 0 Å². The topological polar surface area (TPSA) is 26.0 Å². The van der Waals surface area contributed by atoms with E-state index in [2.05, 4.69) is 13.8 Å². The van der Waals surface area contributed by atoms with E-state index < -0.39 is 0 Å². The first-order chi connectivity index (χ1) is 7.59. The van der Waals surface area contributed by atoms with Crippen LogP contribution < -0.4 is 5.73 Å². The monoisotopic (exact) mass is 241 g/mol. The summed E-state index contributed by atoms with van der Waals surface area (Å²) in [6.45, 7) is 4.43. The molecule has 0 aliphatic carbocycles. The molecule has 0 aromatic heterocycles. The summed E-state index contributed by atoms with van der Waals surface area (Å²) in [6.07, 6.45) is 1.21. The second-order valence-corrected chi connectivity index (χ2v) is 5.57. The van der Waals surface area contributed by atoms with Crippen molar-refractivity contribution in [3.63, 3.8) is 0 Å². The van der Waals surface area contributed by atoms with Gasteiger partial charge in [-0.25, -0.2) is 4.39 Å². The van der Waals surface area contributed by atoms with Gasteiger partial charge in [-0.2, -0.15) is 11.8 Å². The van der Waals surface area contributed by atoms with Crippen molar-refractivity contribution in [3.05, 3.63) is 35.6 Å². The lowest BCUT2D eigenvalue weighted by atomic mass is 10.1. The lowest BCUT2D eigenvalue weighted by Crippen LogP contribution is -2.13. The smallest absolute Gasteiger partial charge is 0.123 e. The van der Waals surface area contributed by atoms with Crippen molar-refractivity contribution in [2.75, 3.05) is 11.5 Å². The standard InChI is InChI=1S/C13H20FNS/c1-10(2)6-7-16-9-13(15)11-4-3-5-12(14)8-11/h3-5,8,10,13H,6-7,9,15H2,1-2H3. The maximum absolute atomic E-state index is 13.0. The second-order valence-electron chi connectivity index (χ2n) is 4.42. The van der Waals surface area contributed by atoms with Gasteiger partial charge < -0.3 is 5.73 Å². The summed E-state index contributed by atoms with van der Waals surface area (Å²) in [5, 5.41) is 0. The molecule has 0 bridgehead atoms. The highest BCUT2D eigenvalue weighted by Crippen LogP contribution is 2.18. The molecule has 0 amide bonds. The van der Waals surface area contributed by atoms with E-state index in [9.17, 15) is 4.39 Å². The lowest BCUT2D eigenvalue weighted by molar-refractivity contribution is 0.622. The second kappa shape index (κ2) is 6.92. The average molecular weight is 241 g/mol. The zero-order valence-electron chi connectivity index (χ0n) is 9.95. The van der Waals surface area contributed by atoms with Crippen LogP contribution in [0, 0.1) is 11.7 Å². The lowest BCUT2D eigenvalue weighted by Gasteiger charge is -2.12. The van der Waals surface area contributed by atoms with Crippen molar-refractivity contribution >= 4 is 11.8 Å². The molecule has 0 fully saturated rings. The van der Waals surface area contributed by atoms with E-state index >= 15 is 0 Å². The summed E-state index contributed by atoms with van der Waals surface area (Å²) in [5.41, 5.74) is 6.88. The van der Waals surface area contributed by atoms with Gasteiger partial charge >= 0.3 is 0 Å². The number of rotatable bonds is 6. The third kappa shape index (κ3) is 4.99. The van der Waals surface area contributed by atoms with Gasteiger partial charge in [0.15, 0.2) is 0 Å². The van der Waals surface area contributed by atoms with Crippen LogP contribution in [0.4, 0.5) is 4.39 Å². The number of thioether (sulfide) groups is 1. The van der Waals surface area contributed by atoms with E-state index in [4.69, 9.17) is 5.73 Å². The molecule has 1 unspecified atom stereocenters. The minimum absolute atomic E-state index is 0.0622. The zero-order chi connectivity index (χ0) is 12.0. The molecule has 0 aliphatic heterocycles. The van der Waals surface area contributed by atoms with E-state index in [-0.39, 0.29) is 11.9 Å². The van der Waals surface area contributed by atoms with Gasteiger partial charge in [0.1, 0.15) is 5.82 Å². The van der Waals surface area contributed by atoms with Crippen molar-refractivity contribution in [1.29, 1.82) is 0 Å². The predicted molar refractivity (Wildman–Crippen MR) is 70.1 cm³/mol. The molecule has 1 rings (SSSR count). The number of halogens is 1. The highest BCUT2D eigenvalue weighted by atomic mass is 32.2. The molecule has 3 heteroatoms. The number of nitrogens with two attached hydrogens (primary N) is 1. The van der Waals surface area contributed by atoms with Crippen LogP contribution in [-0.2, 0) is 0 Å². The summed E-state index contributed by atoms with van der Waals surface area (Å²) >= 11 is 1.84. The SMILES string of the molecule is CC(C)CCSCC(N)c1cccc(F)c1. The Kier molecular flexibility index (Phi) is 5.85. The van der Waals surface area contributed by atoms with E-state index in [1.54, 1.807) is 6.07 Å². The Morgan fingerprint density at radius 3 is 2.75 bits per heavy atom. The van der Waals surface area contributed by atoms with Gasteiger partial charge in [0, 0.05) is 11.8 Å². The Bertz CT molecular complexity index is 315. The summed E-state index contributed by atoms with van der Waals surface area (Å²) < 4.78 is 13.0. The molecule has 1 aromatic rings. The van der Waals surface area contributed by atoms with E-state index in [1.807, 2.05) is 17.8 Å². The van der Waals surface area contributed by atoms with Gasteiger partial charge in [-0.1, -0.05) is 26.0 Å². The maximum atomic E-state index is 13.0. The van der Waals surface area contributed by atoms with Crippen LogP contribution in [0.15, 0.2) is 24.3 Å². The van der Waals surface area contributed by atoms with E-state index in [0.29, 0.717) is 0 Å². The molecular formula is C13H20FNS. The third-order valence-electron chi connectivity index (χ3n) is 2.41. The zero-order valence-corrected chi connectivity index (χ0v) is 10.8. The molecule has 0 heterocycles. The minimum atomic E-state index is -0.208. The largest absolute Gasteiger partial charge is 0.323 e. The molecule has 16 heavy (non-hydrogen) atoms. The van der Waals surface area contributed by atoms with Crippen LogP contribution in [-0.4, -0.2) is 11.5 Å². The molecular weight excluding hydrogens is 221 g/mol. The van der Waals surface area contributed by atoms with Crippen LogP contribution >= 0.6 is 11.8 Å². The fraction of sp³-hybridized carbons (Fsp3) is 0.538. The van der Waals surface area contributed by atoms with E-state index in [1.165, 1.54) is 18.6 Å². The van der Waals surface area contributed by atoms with Crippen LogP contribution in [0.25, 0.3) is 0 Å². The molecule has 1 nitrogen and oxygen atoms in total. The maximum Gasteiger partial charge on any atom is 0.123 e. The first-order valence-electron chi connectivity index (χ1n) is 5.68. The van der Waals surface area contributed by atoms with Gasteiger partial charge in [-0.3, -0.25) is 0 Å². The summed E-state index contributed by atoms with van der Waals surface area (Å²) in [6, 6.07) is 6.50. The highest BCUT2D eigenvalue weighted by molar-refractivity contribution is 7.99. The van der Waals surface area contributed by atoms with Crippen molar-refractivity contribution in [1.82, 2.24) is 0 Å². The van der Waals surface area contributed by atoms with Crippen molar-refractivity contribution < 1.29 is 4.39 Å². The molecule has 0 saturated heterocycles. The molecule has 2 N–H and O–H groups in total. The molecule has 0 radical (unpaired) electrons. The Balaban J connectivity index is 2.32. The Morgan fingerprint density at radius 1 is 1.38 bits per heavy atom. The fourth-order valence-corrected chi connectivity index (χ4v) is 2.61. The average Bonchev–Trinajstić information content (AvgIpc) is 2.24. The molecule has 0 spiro atoms. The summed E-state index contributed by atoms with van der Waals surface area (Å²) in [5.74, 6) is 2.51. The molecule has 90 valence electrons. The number of benzene rings is 1.